The minimum atomic E-state index is -5.75. The van der Waals surface area contributed by atoms with Gasteiger partial charge in [-0.2, -0.15) is 8.78 Å². The summed E-state index contributed by atoms with van der Waals surface area (Å²) >= 11 is 16.6. The van der Waals surface area contributed by atoms with Crippen LogP contribution >= 0.6 is 58.1 Å². The molecular formula is C24H18BrCl2F2N2O5PS2. The van der Waals surface area contributed by atoms with Crippen LogP contribution in [0.2, 0.25) is 10.0 Å². The molecule has 206 valence electrons. The van der Waals surface area contributed by atoms with Gasteiger partial charge in [0.25, 0.3) is 0 Å². The molecule has 0 saturated carbocycles. The lowest BCUT2D eigenvalue weighted by molar-refractivity contribution is 0.0557. The topological polar surface area (TPSA) is 108 Å². The van der Waals surface area contributed by atoms with E-state index in [2.05, 4.69) is 15.9 Å². The summed E-state index contributed by atoms with van der Waals surface area (Å²) < 4.78 is 63.4. The molecule has 0 radical (unpaired) electrons. The number of hydrogen-bond donors (Lipinski definition) is 2. The predicted molar refractivity (Wildman–Crippen MR) is 153 cm³/mol. The van der Waals surface area contributed by atoms with Gasteiger partial charge in [0.1, 0.15) is 0 Å². The van der Waals surface area contributed by atoms with Crippen LogP contribution in [0.1, 0.15) is 11.1 Å². The molecule has 1 aromatic heterocycles. The van der Waals surface area contributed by atoms with Gasteiger partial charge in [-0.15, -0.1) is 11.3 Å². The molecule has 0 aliphatic carbocycles. The molecule has 0 unspecified atom stereocenters. The molecule has 4 aromatic rings. The van der Waals surface area contributed by atoms with Gasteiger partial charge in [0.05, 0.1) is 27.2 Å². The van der Waals surface area contributed by atoms with Crippen LogP contribution in [0.3, 0.4) is 0 Å². The molecule has 3 aromatic carbocycles. The van der Waals surface area contributed by atoms with Gasteiger partial charge in [0.2, 0.25) is 0 Å². The van der Waals surface area contributed by atoms with Crippen LogP contribution in [0, 0.1) is 0 Å². The van der Waals surface area contributed by atoms with Crippen molar-refractivity contribution in [1.82, 2.24) is 4.98 Å². The van der Waals surface area contributed by atoms with Crippen molar-refractivity contribution in [2.45, 2.75) is 17.1 Å². The molecular weight excluding hydrogens is 680 g/mol. The molecule has 0 atom stereocenters. The quantitative estimate of drug-likeness (QED) is 0.181. The zero-order valence-corrected chi connectivity index (χ0v) is 25.4. The molecule has 0 spiro atoms. The molecule has 4 rings (SSSR count). The van der Waals surface area contributed by atoms with Gasteiger partial charge in [-0.1, -0.05) is 63.4 Å². The highest BCUT2D eigenvalue weighted by Crippen LogP contribution is 2.60. The fourth-order valence-corrected chi connectivity index (χ4v) is 6.67. The molecule has 0 aliphatic heterocycles. The van der Waals surface area contributed by atoms with Gasteiger partial charge < -0.3 is 14.7 Å². The van der Waals surface area contributed by atoms with E-state index in [-0.39, 0.29) is 20.9 Å². The first kappa shape index (κ1) is 30.1. The number of anilines is 2. The lowest BCUT2D eigenvalue weighted by Gasteiger charge is -2.24. The monoisotopic (exact) mass is 696 g/mol. The summed E-state index contributed by atoms with van der Waals surface area (Å²) in [7, 11) is -9.10. The van der Waals surface area contributed by atoms with Crippen molar-refractivity contribution in [2.24, 2.45) is 0 Å². The van der Waals surface area contributed by atoms with Crippen LogP contribution in [0.5, 0.6) is 0 Å². The maximum atomic E-state index is 14.3. The van der Waals surface area contributed by atoms with Crippen LogP contribution in [0.4, 0.5) is 19.6 Å². The number of halogens is 5. The van der Waals surface area contributed by atoms with Crippen molar-refractivity contribution in [2.75, 3.05) is 11.2 Å². The van der Waals surface area contributed by atoms with Crippen molar-refractivity contribution in [3.05, 3.63) is 91.7 Å². The van der Waals surface area contributed by atoms with E-state index in [0.717, 1.165) is 12.3 Å². The number of aromatic nitrogens is 1. The maximum absolute atomic E-state index is 14.3. The fourth-order valence-electron chi connectivity index (χ4n) is 3.56. The first-order valence-electron chi connectivity index (χ1n) is 10.8. The number of alkyl halides is 2. The third-order valence-electron chi connectivity index (χ3n) is 5.58. The molecule has 7 nitrogen and oxygen atoms in total. The molecule has 0 saturated heterocycles. The van der Waals surface area contributed by atoms with E-state index >= 15 is 0 Å². The molecule has 0 bridgehead atoms. The summed E-state index contributed by atoms with van der Waals surface area (Å²) in [6.07, 6.45) is 1.12. The highest BCUT2D eigenvalue weighted by Gasteiger charge is 2.51. The van der Waals surface area contributed by atoms with E-state index in [9.17, 15) is 21.8 Å². The Balaban J connectivity index is 1.72. The maximum Gasteiger partial charge on any atom is 0.399 e. The number of nitrogens with zero attached hydrogens (tertiary/aromatic N) is 2. The molecule has 2 N–H and O–H groups in total. The van der Waals surface area contributed by atoms with E-state index in [1.807, 2.05) is 0 Å². The van der Waals surface area contributed by atoms with Crippen molar-refractivity contribution >= 4 is 78.7 Å². The molecule has 0 fully saturated rings. The SMILES string of the molecule is CS(=O)(=O)c1ccc(-c2csc(N(Cc3ccc(C(F)(F)P(=O)(O)O)c(Br)c3)c3ccc(Cl)c(Cl)c3)n2)cc1. The summed E-state index contributed by atoms with van der Waals surface area (Å²) in [5, 5.41) is 2.91. The summed E-state index contributed by atoms with van der Waals surface area (Å²) in [6.45, 7) is 0.123. The third kappa shape index (κ3) is 6.55. The van der Waals surface area contributed by atoms with Crippen LogP contribution in [-0.4, -0.2) is 29.4 Å². The van der Waals surface area contributed by atoms with E-state index in [4.69, 9.17) is 38.0 Å². The molecule has 0 amide bonds. The average Bonchev–Trinajstić information content (AvgIpc) is 3.33. The van der Waals surface area contributed by atoms with Crippen LogP contribution < -0.4 is 4.90 Å². The highest BCUT2D eigenvalue weighted by atomic mass is 79.9. The first-order chi connectivity index (χ1) is 18.1. The Labute approximate surface area is 245 Å². The zero-order valence-electron chi connectivity index (χ0n) is 19.7. The standard InChI is InChI=1S/C24H18BrCl2F2N2O5PS2/c1-39(35,36)17-6-3-15(4-7-17)22-13-38-23(30-22)31(16-5-9-20(26)21(27)11-16)12-14-2-8-18(19(25)10-14)24(28,29)37(32,33)34/h2-11,13H,12H2,1H3,(H2,32,33,34). The van der Waals surface area contributed by atoms with Crippen LogP contribution in [0.25, 0.3) is 11.3 Å². The van der Waals surface area contributed by atoms with Crippen molar-refractivity contribution < 1.29 is 31.6 Å². The highest BCUT2D eigenvalue weighted by molar-refractivity contribution is 9.10. The molecule has 1 heterocycles. The Kier molecular flexibility index (Phi) is 8.62. The Hall–Kier alpha value is -1.89. The molecule has 0 aliphatic rings. The smallest absolute Gasteiger partial charge is 0.320 e. The fraction of sp³-hybridized carbons (Fsp3) is 0.125. The zero-order chi connectivity index (χ0) is 28.8. The van der Waals surface area contributed by atoms with Gasteiger partial charge in [0, 0.05) is 32.9 Å². The number of sulfone groups is 1. The Bertz CT molecular complexity index is 1700. The number of benzene rings is 3. The average molecular weight is 698 g/mol. The number of hydrogen-bond acceptors (Lipinski definition) is 6. The third-order valence-corrected chi connectivity index (χ3v) is 9.94. The number of thiazole rings is 1. The van der Waals surface area contributed by atoms with E-state index in [1.165, 1.54) is 35.6 Å². The Morgan fingerprint density at radius 2 is 1.72 bits per heavy atom. The van der Waals surface area contributed by atoms with E-state index < -0.39 is 28.7 Å². The summed E-state index contributed by atoms with van der Waals surface area (Å²) in [5.74, 6) is 0. The van der Waals surface area contributed by atoms with Gasteiger partial charge in [-0.05, 0) is 42.0 Å². The number of rotatable bonds is 8. The van der Waals surface area contributed by atoms with E-state index in [1.54, 1.807) is 40.6 Å². The summed E-state index contributed by atoms with van der Waals surface area (Å²) in [4.78, 5) is 24.9. The Morgan fingerprint density at radius 3 is 2.28 bits per heavy atom. The van der Waals surface area contributed by atoms with Gasteiger partial charge >= 0.3 is 13.3 Å². The predicted octanol–water partition coefficient (Wildman–Crippen LogP) is 7.85. The van der Waals surface area contributed by atoms with Gasteiger partial charge in [-0.25, -0.2) is 13.4 Å². The second-order valence-corrected chi connectivity index (χ2v) is 14.6. The lowest BCUT2D eigenvalue weighted by atomic mass is 10.1. The van der Waals surface area contributed by atoms with Crippen LogP contribution in [-0.2, 0) is 26.6 Å². The second kappa shape index (κ2) is 11.2. The summed E-state index contributed by atoms with van der Waals surface area (Å²) in [5.41, 5.74) is -2.82. The van der Waals surface area contributed by atoms with Crippen molar-refractivity contribution in [3.8, 4) is 11.3 Å². The largest absolute Gasteiger partial charge is 0.399 e. The minimum Gasteiger partial charge on any atom is -0.320 e. The van der Waals surface area contributed by atoms with Crippen LogP contribution in [0.15, 0.2) is 75.4 Å². The van der Waals surface area contributed by atoms with Gasteiger partial charge in [0.15, 0.2) is 15.0 Å². The minimum absolute atomic E-state index is 0.123. The van der Waals surface area contributed by atoms with E-state index in [0.29, 0.717) is 32.7 Å². The summed E-state index contributed by atoms with van der Waals surface area (Å²) in [6, 6.07) is 14.9. The van der Waals surface area contributed by atoms with Crippen molar-refractivity contribution in [1.29, 1.82) is 0 Å². The van der Waals surface area contributed by atoms with Gasteiger partial charge in [-0.3, -0.25) is 4.57 Å². The lowest BCUT2D eigenvalue weighted by Crippen LogP contribution is -2.18. The molecule has 15 heteroatoms. The first-order valence-corrected chi connectivity index (χ1v) is 16.7. The second-order valence-electron chi connectivity index (χ2n) is 8.40. The molecule has 39 heavy (non-hydrogen) atoms. The van der Waals surface area contributed by atoms with Crippen molar-refractivity contribution in [3.63, 3.8) is 0 Å². The Morgan fingerprint density at radius 1 is 1.05 bits per heavy atom. The normalized spacial score (nSPS) is 12.5.